The van der Waals surface area contributed by atoms with Crippen LogP contribution in [-0.4, -0.2) is 11.6 Å². The van der Waals surface area contributed by atoms with Crippen molar-refractivity contribution in [3.8, 4) is 16.9 Å². The van der Waals surface area contributed by atoms with Crippen LogP contribution in [0.4, 0.5) is 13.2 Å². The van der Waals surface area contributed by atoms with Gasteiger partial charge >= 0.3 is 11.8 Å². The molecule has 2 heterocycles. The third-order valence-corrected chi connectivity index (χ3v) is 5.82. The molecule has 0 fully saturated rings. The summed E-state index contributed by atoms with van der Waals surface area (Å²) in [6.45, 7) is 2.88. The van der Waals surface area contributed by atoms with Gasteiger partial charge in [0.1, 0.15) is 18.1 Å². The number of alkyl halides is 3. The zero-order valence-electron chi connectivity index (χ0n) is 17.8. The van der Waals surface area contributed by atoms with E-state index in [0.29, 0.717) is 30.0 Å². The maximum absolute atomic E-state index is 13.1. The molecule has 0 atom stereocenters. The minimum absolute atomic E-state index is 0.220. The molecule has 4 aromatic rings. The fourth-order valence-electron chi connectivity index (χ4n) is 4.33. The second-order valence-electron chi connectivity index (χ2n) is 8.17. The summed E-state index contributed by atoms with van der Waals surface area (Å²) >= 11 is 0. The number of hydrogen-bond donors (Lipinski definition) is 0. The summed E-state index contributed by atoms with van der Waals surface area (Å²) in [5.74, 6) is 0.649. The van der Waals surface area contributed by atoms with Gasteiger partial charge in [-0.2, -0.15) is 13.2 Å². The molecule has 168 valence electrons. The zero-order valence-corrected chi connectivity index (χ0v) is 17.8. The first kappa shape index (κ1) is 21.3. The molecule has 0 spiro atoms. The van der Waals surface area contributed by atoms with Crippen molar-refractivity contribution >= 4 is 11.0 Å². The van der Waals surface area contributed by atoms with Crippen molar-refractivity contribution in [3.05, 3.63) is 99.4 Å². The highest BCUT2D eigenvalue weighted by atomic mass is 19.4. The lowest BCUT2D eigenvalue weighted by molar-refractivity contribution is -0.137. The smallest absolute Gasteiger partial charge is 0.416 e. The lowest BCUT2D eigenvalue weighted by atomic mass is 9.97. The number of fused-ring (bicyclic) bond motifs is 2. The van der Waals surface area contributed by atoms with E-state index >= 15 is 0 Å². The third-order valence-electron chi connectivity index (χ3n) is 5.82. The van der Waals surface area contributed by atoms with Gasteiger partial charge in [0.25, 0.3) is 0 Å². The maximum Gasteiger partial charge on any atom is 0.416 e. The molecule has 1 aliphatic heterocycles. The Morgan fingerprint density at radius 1 is 1.00 bits per heavy atom. The van der Waals surface area contributed by atoms with E-state index in [9.17, 15) is 18.0 Å². The Hall–Kier alpha value is -3.58. The zero-order chi connectivity index (χ0) is 23.2. The predicted octanol–water partition coefficient (Wildman–Crippen LogP) is 6.14. The summed E-state index contributed by atoms with van der Waals surface area (Å²) in [6.07, 6.45) is -4.38. The van der Waals surface area contributed by atoms with Crippen LogP contribution in [0.25, 0.3) is 22.1 Å². The standard InChI is InChI=1S/C26H20F3NO3/c1-16-24-19(11-22-21(12-23(31)33-25(16)22)18-7-3-2-4-8-18)14-30(15-32-24)13-17-6-5-9-20(10-17)26(27,28)29/h2-12H,13-15H2,1H3. The predicted molar refractivity (Wildman–Crippen MR) is 119 cm³/mol. The summed E-state index contributed by atoms with van der Waals surface area (Å²) in [4.78, 5) is 14.2. The van der Waals surface area contributed by atoms with Gasteiger partial charge in [0.15, 0.2) is 0 Å². The molecule has 0 amide bonds. The van der Waals surface area contributed by atoms with Crippen molar-refractivity contribution in [2.75, 3.05) is 6.73 Å². The molecule has 0 saturated carbocycles. The Labute approximate surface area is 187 Å². The van der Waals surface area contributed by atoms with Gasteiger partial charge in [-0.05, 0) is 35.7 Å². The Balaban J connectivity index is 1.52. The first-order chi connectivity index (χ1) is 15.8. The highest BCUT2D eigenvalue weighted by Gasteiger charge is 2.30. The average molecular weight is 451 g/mol. The van der Waals surface area contributed by atoms with Gasteiger partial charge in [0.2, 0.25) is 0 Å². The second kappa shape index (κ2) is 8.08. The van der Waals surface area contributed by atoms with Crippen molar-refractivity contribution in [2.45, 2.75) is 26.2 Å². The molecule has 0 aliphatic carbocycles. The van der Waals surface area contributed by atoms with Crippen molar-refractivity contribution < 1.29 is 22.3 Å². The van der Waals surface area contributed by atoms with Crippen LogP contribution in [0.2, 0.25) is 0 Å². The molecule has 0 unspecified atom stereocenters. The van der Waals surface area contributed by atoms with Crippen LogP contribution in [-0.2, 0) is 19.3 Å². The lowest BCUT2D eigenvalue weighted by Gasteiger charge is -2.30. The van der Waals surface area contributed by atoms with Crippen LogP contribution in [0.15, 0.2) is 75.9 Å². The van der Waals surface area contributed by atoms with Crippen LogP contribution >= 0.6 is 0 Å². The van der Waals surface area contributed by atoms with Crippen LogP contribution in [0.5, 0.6) is 5.75 Å². The van der Waals surface area contributed by atoms with Crippen LogP contribution in [0.1, 0.15) is 22.3 Å². The Morgan fingerprint density at radius 3 is 2.55 bits per heavy atom. The number of halogens is 3. The SMILES string of the molecule is Cc1c2c(cc3c(-c4ccccc4)cc(=O)oc13)CN(Cc1cccc(C(F)(F)F)c1)CO2. The molecule has 33 heavy (non-hydrogen) atoms. The van der Waals surface area contributed by atoms with Gasteiger partial charge in [0.05, 0.1) is 5.56 Å². The minimum atomic E-state index is -4.38. The van der Waals surface area contributed by atoms with E-state index in [2.05, 4.69) is 0 Å². The molecule has 0 saturated heterocycles. The topological polar surface area (TPSA) is 42.7 Å². The van der Waals surface area contributed by atoms with Gasteiger partial charge in [-0.25, -0.2) is 4.79 Å². The summed E-state index contributed by atoms with van der Waals surface area (Å²) in [6, 6.07) is 18.3. The quantitative estimate of drug-likeness (QED) is 0.351. The normalized spacial score (nSPS) is 14.2. The van der Waals surface area contributed by atoms with Crippen LogP contribution in [0, 0.1) is 6.92 Å². The van der Waals surface area contributed by atoms with E-state index in [0.717, 1.165) is 33.7 Å². The highest BCUT2D eigenvalue weighted by Crippen LogP contribution is 2.38. The van der Waals surface area contributed by atoms with Gasteiger partial charge < -0.3 is 9.15 Å². The van der Waals surface area contributed by atoms with Crippen molar-refractivity contribution in [1.29, 1.82) is 0 Å². The van der Waals surface area contributed by atoms with Crippen molar-refractivity contribution in [1.82, 2.24) is 4.90 Å². The van der Waals surface area contributed by atoms with E-state index < -0.39 is 17.4 Å². The number of rotatable bonds is 3. The Bertz CT molecular complexity index is 1390. The molecule has 4 nitrogen and oxygen atoms in total. The van der Waals surface area contributed by atoms with E-state index in [4.69, 9.17) is 9.15 Å². The fraction of sp³-hybridized carbons (Fsp3) is 0.192. The Morgan fingerprint density at radius 2 is 1.79 bits per heavy atom. The molecular weight excluding hydrogens is 431 g/mol. The molecule has 5 rings (SSSR count). The summed E-state index contributed by atoms with van der Waals surface area (Å²) in [5.41, 5.74) is 3.22. The molecule has 7 heteroatoms. The van der Waals surface area contributed by atoms with Crippen LogP contribution < -0.4 is 10.4 Å². The minimum Gasteiger partial charge on any atom is -0.477 e. The van der Waals surface area contributed by atoms with Crippen molar-refractivity contribution in [2.24, 2.45) is 0 Å². The van der Waals surface area contributed by atoms with Gasteiger partial charge in [-0.3, -0.25) is 4.90 Å². The summed E-state index contributed by atoms with van der Waals surface area (Å²) in [5, 5.41) is 0.793. The Kier molecular flexibility index (Phi) is 5.21. The third kappa shape index (κ3) is 4.12. The first-order valence-corrected chi connectivity index (χ1v) is 10.5. The monoisotopic (exact) mass is 451 g/mol. The van der Waals surface area contributed by atoms with E-state index in [-0.39, 0.29) is 6.73 Å². The summed E-state index contributed by atoms with van der Waals surface area (Å²) < 4.78 is 50.7. The van der Waals surface area contributed by atoms with Crippen LogP contribution in [0.3, 0.4) is 0 Å². The summed E-state index contributed by atoms with van der Waals surface area (Å²) in [7, 11) is 0. The van der Waals surface area contributed by atoms with E-state index in [1.54, 1.807) is 6.07 Å². The largest absolute Gasteiger partial charge is 0.477 e. The number of benzene rings is 3. The molecule has 0 radical (unpaired) electrons. The van der Waals surface area contributed by atoms with Gasteiger partial charge in [-0.15, -0.1) is 0 Å². The number of aryl methyl sites for hydroxylation is 1. The second-order valence-corrected chi connectivity index (χ2v) is 8.17. The van der Waals surface area contributed by atoms with Gasteiger partial charge in [-0.1, -0.05) is 48.5 Å². The highest BCUT2D eigenvalue weighted by molar-refractivity contribution is 5.96. The number of ether oxygens (including phenoxy) is 1. The molecule has 0 N–H and O–H groups in total. The van der Waals surface area contributed by atoms with E-state index in [1.165, 1.54) is 18.2 Å². The van der Waals surface area contributed by atoms with Crippen molar-refractivity contribution in [3.63, 3.8) is 0 Å². The molecule has 3 aromatic carbocycles. The number of hydrogen-bond acceptors (Lipinski definition) is 4. The lowest BCUT2D eigenvalue weighted by Crippen LogP contribution is -2.32. The fourth-order valence-corrected chi connectivity index (χ4v) is 4.33. The van der Waals surface area contributed by atoms with Gasteiger partial charge in [0, 0.05) is 35.7 Å². The number of nitrogens with zero attached hydrogens (tertiary/aromatic N) is 1. The molecule has 1 aromatic heterocycles. The first-order valence-electron chi connectivity index (χ1n) is 10.5. The molecule has 0 bridgehead atoms. The molecule has 1 aliphatic rings. The van der Waals surface area contributed by atoms with E-state index in [1.807, 2.05) is 48.2 Å². The molecular formula is C26H20F3NO3. The maximum atomic E-state index is 13.1. The average Bonchev–Trinajstić information content (AvgIpc) is 2.79.